The molecule has 2 aromatic carbocycles. The number of benzene rings is 2. The number of nitrogens with zero attached hydrogens (tertiary/aromatic N) is 2. The number of hydrogen-bond acceptors (Lipinski definition) is 6. The summed E-state index contributed by atoms with van der Waals surface area (Å²) in [6.07, 6.45) is -4.26. The van der Waals surface area contributed by atoms with Crippen LogP contribution in [0.4, 0.5) is 13.2 Å². The van der Waals surface area contributed by atoms with Crippen LogP contribution in [0.15, 0.2) is 58.2 Å². The average molecular weight is 458 g/mol. The van der Waals surface area contributed by atoms with Crippen LogP contribution in [-0.2, 0) is 11.2 Å². The van der Waals surface area contributed by atoms with E-state index in [9.17, 15) is 18.0 Å². The molecule has 0 spiro atoms. The lowest BCUT2D eigenvalue weighted by atomic mass is 10.1. The molecule has 6 nitrogen and oxygen atoms in total. The van der Waals surface area contributed by atoms with Gasteiger partial charge in [-0.05, 0) is 48.4 Å². The van der Waals surface area contributed by atoms with E-state index in [1.807, 2.05) is 0 Å². The molecule has 1 heterocycles. The van der Waals surface area contributed by atoms with Crippen LogP contribution in [0, 0.1) is 0 Å². The van der Waals surface area contributed by atoms with Gasteiger partial charge >= 0.3 is 6.36 Å². The zero-order valence-electron chi connectivity index (χ0n) is 15.3. The van der Waals surface area contributed by atoms with E-state index in [0.717, 1.165) is 22.9 Å². The lowest BCUT2D eigenvalue weighted by Gasteiger charge is -2.09. The largest absolute Gasteiger partial charge is 0.573 e. The van der Waals surface area contributed by atoms with Crippen LogP contribution < -0.4 is 10.1 Å². The molecule has 3 rings (SSSR count). The first kappa shape index (κ1) is 22.0. The molecular formula is C19H15ClF3N3O3S. The lowest BCUT2D eigenvalue weighted by Crippen LogP contribution is -2.27. The molecule has 0 radical (unpaired) electrons. The number of amides is 1. The molecule has 1 aromatic heterocycles. The van der Waals surface area contributed by atoms with E-state index in [4.69, 9.17) is 16.0 Å². The number of carbonyl (C=O) groups is 1. The van der Waals surface area contributed by atoms with Crippen molar-refractivity contribution in [1.29, 1.82) is 0 Å². The van der Waals surface area contributed by atoms with Crippen molar-refractivity contribution in [1.82, 2.24) is 15.5 Å². The van der Waals surface area contributed by atoms with E-state index < -0.39 is 6.36 Å². The smallest absolute Gasteiger partial charge is 0.411 e. The Labute approximate surface area is 178 Å². The van der Waals surface area contributed by atoms with Gasteiger partial charge in [0.1, 0.15) is 5.75 Å². The molecule has 0 saturated carbocycles. The van der Waals surface area contributed by atoms with E-state index in [1.54, 1.807) is 24.3 Å². The standard InChI is InChI=1S/C19H15ClF3N3O3S/c20-14-5-3-13(4-6-14)17-25-26-18(28-17)30-11-16(27)24-10-9-12-1-7-15(8-2-12)29-19(21,22)23/h1-8H,9-11H2,(H,24,27). The highest BCUT2D eigenvalue weighted by Crippen LogP contribution is 2.24. The number of carbonyl (C=O) groups excluding carboxylic acids is 1. The van der Waals surface area contributed by atoms with Crippen LogP contribution in [-0.4, -0.2) is 34.8 Å². The lowest BCUT2D eigenvalue weighted by molar-refractivity contribution is -0.274. The molecule has 158 valence electrons. The predicted molar refractivity (Wildman–Crippen MR) is 105 cm³/mol. The summed E-state index contributed by atoms with van der Waals surface area (Å²) in [4.78, 5) is 12.0. The molecule has 0 aliphatic carbocycles. The van der Waals surface area contributed by atoms with E-state index in [2.05, 4.69) is 20.3 Å². The maximum absolute atomic E-state index is 12.1. The summed E-state index contributed by atoms with van der Waals surface area (Å²) < 4.78 is 45.7. The molecule has 0 fully saturated rings. The van der Waals surface area contributed by atoms with Gasteiger partial charge in [-0.15, -0.1) is 23.4 Å². The summed E-state index contributed by atoms with van der Waals surface area (Å²) in [5.41, 5.74) is 1.48. The van der Waals surface area contributed by atoms with Crippen molar-refractivity contribution in [3.8, 4) is 17.2 Å². The third kappa shape index (κ3) is 6.96. The molecule has 0 atom stereocenters. The summed E-state index contributed by atoms with van der Waals surface area (Å²) in [6.45, 7) is 0.332. The Hall–Kier alpha value is -2.72. The van der Waals surface area contributed by atoms with Crippen molar-refractivity contribution < 1.29 is 27.1 Å². The maximum Gasteiger partial charge on any atom is 0.573 e. The van der Waals surface area contributed by atoms with Crippen molar-refractivity contribution in [3.63, 3.8) is 0 Å². The van der Waals surface area contributed by atoms with Crippen molar-refractivity contribution in [3.05, 3.63) is 59.1 Å². The number of alkyl halides is 3. The normalized spacial score (nSPS) is 11.3. The molecule has 0 bridgehead atoms. The molecule has 11 heteroatoms. The van der Waals surface area contributed by atoms with Crippen molar-refractivity contribution in [2.24, 2.45) is 0 Å². The zero-order valence-corrected chi connectivity index (χ0v) is 16.9. The minimum Gasteiger partial charge on any atom is -0.411 e. The van der Waals surface area contributed by atoms with Gasteiger partial charge in [0.15, 0.2) is 0 Å². The average Bonchev–Trinajstić information content (AvgIpc) is 3.16. The Kier molecular flexibility index (Phi) is 7.22. The number of ether oxygens (including phenoxy) is 1. The van der Waals surface area contributed by atoms with Crippen molar-refractivity contribution >= 4 is 29.3 Å². The zero-order chi connectivity index (χ0) is 21.6. The van der Waals surface area contributed by atoms with Crippen LogP contribution in [0.25, 0.3) is 11.5 Å². The summed E-state index contributed by atoms with van der Waals surface area (Å²) in [7, 11) is 0. The molecule has 3 aromatic rings. The first-order valence-corrected chi connectivity index (χ1v) is 9.98. The molecule has 0 unspecified atom stereocenters. The Bertz CT molecular complexity index is 979. The van der Waals surface area contributed by atoms with E-state index in [-0.39, 0.29) is 22.6 Å². The Morgan fingerprint density at radius 3 is 2.47 bits per heavy atom. The molecule has 30 heavy (non-hydrogen) atoms. The van der Waals surface area contributed by atoms with Gasteiger partial charge in [-0.25, -0.2) is 0 Å². The highest BCUT2D eigenvalue weighted by Gasteiger charge is 2.30. The van der Waals surface area contributed by atoms with Gasteiger partial charge in [0, 0.05) is 17.1 Å². The molecule has 1 amide bonds. The first-order chi connectivity index (χ1) is 14.3. The second-order valence-electron chi connectivity index (χ2n) is 5.96. The number of thioether (sulfide) groups is 1. The number of nitrogens with one attached hydrogen (secondary N) is 1. The predicted octanol–water partition coefficient (Wildman–Crippen LogP) is 4.74. The number of halogens is 4. The van der Waals surface area contributed by atoms with Gasteiger partial charge in [-0.3, -0.25) is 4.79 Å². The fraction of sp³-hybridized carbons (Fsp3) is 0.211. The van der Waals surface area contributed by atoms with E-state index >= 15 is 0 Å². The number of aromatic nitrogens is 2. The summed E-state index contributed by atoms with van der Waals surface area (Å²) in [5.74, 6) is -0.111. The minimum absolute atomic E-state index is 0.0839. The Morgan fingerprint density at radius 2 is 1.80 bits per heavy atom. The fourth-order valence-corrected chi connectivity index (χ4v) is 3.08. The van der Waals surface area contributed by atoms with Gasteiger partial charge in [0.2, 0.25) is 11.8 Å². The second kappa shape index (κ2) is 9.86. The molecule has 1 N–H and O–H groups in total. The maximum atomic E-state index is 12.1. The second-order valence-corrected chi connectivity index (χ2v) is 7.32. The van der Waals surface area contributed by atoms with Crippen LogP contribution in [0.5, 0.6) is 5.75 Å². The number of rotatable bonds is 8. The summed E-state index contributed by atoms with van der Waals surface area (Å²) in [5, 5.41) is 11.4. The fourth-order valence-electron chi connectivity index (χ4n) is 2.36. The van der Waals surface area contributed by atoms with Crippen LogP contribution in [0.1, 0.15) is 5.56 Å². The van der Waals surface area contributed by atoms with Crippen LogP contribution >= 0.6 is 23.4 Å². The van der Waals surface area contributed by atoms with E-state index in [1.165, 1.54) is 24.3 Å². The van der Waals surface area contributed by atoms with Gasteiger partial charge in [0.25, 0.3) is 5.22 Å². The summed E-state index contributed by atoms with van der Waals surface area (Å²) >= 11 is 6.94. The third-order valence-electron chi connectivity index (χ3n) is 3.72. The third-order valence-corrected chi connectivity index (χ3v) is 4.79. The van der Waals surface area contributed by atoms with Crippen molar-refractivity contribution in [2.75, 3.05) is 12.3 Å². The quantitative estimate of drug-likeness (QED) is 0.492. The summed E-state index contributed by atoms with van der Waals surface area (Å²) in [6, 6.07) is 12.4. The Balaban J connectivity index is 1.40. The molecule has 0 saturated heterocycles. The molecule has 0 aliphatic heterocycles. The highest BCUT2D eigenvalue weighted by atomic mass is 35.5. The van der Waals surface area contributed by atoms with Crippen molar-refractivity contribution in [2.45, 2.75) is 18.0 Å². The van der Waals surface area contributed by atoms with E-state index in [0.29, 0.717) is 23.9 Å². The molecule has 0 aliphatic rings. The minimum atomic E-state index is -4.72. The van der Waals surface area contributed by atoms with Gasteiger partial charge in [0.05, 0.1) is 5.75 Å². The van der Waals surface area contributed by atoms with Gasteiger partial charge in [-0.1, -0.05) is 35.5 Å². The highest BCUT2D eigenvalue weighted by molar-refractivity contribution is 7.99. The van der Waals surface area contributed by atoms with Gasteiger partial charge < -0.3 is 14.5 Å². The monoisotopic (exact) mass is 457 g/mol. The first-order valence-electron chi connectivity index (χ1n) is 8.62. The topological polar surface area (TPSA) is 77.2 Å². The molecular weight excluding hydrogens is 443 g/mol. The van der Waals surface area contributed by atoms with Crippen LogP contribution in [0.3, 0.4) is 0 Å². The SMILES string of the molecule is O=C(CSc1nnc(-c2ccc(Cl)cc2)o1)NCCc1ccc(OC(F)(F)F)cc1. The van der Waals surface area contributed by atoms with Gasteiger partial charge in [-0.2, -0.15) is 0 Å². The van der Waals surface area contributed by atoms with Crippen LogP contribution in [0.2, 0.25) is 5.02 Å². The number of hydrogen-bond donors (Lipinski definition) is 1. The Morgan fingerprint density at radius 1 is 1.10 bits per heavy atom.